The van der Waals surface area contributed by atoms with E-state index in [1.54, 1.807) is 0 Å². The number of unbranched alkanes of at least 4 members (excludes halogenated alkanes) is 28. The number of nitrogens with zero attached hydrogens (tertiary/aromatic N) is 1. The van der Waals surface area contributed by atoms with E-state index in [2.05, 4.69) is 86.8 Å². The second kappa shape index (κ2) is 52.9. The number of amides is 1. The van der Waals surface area contributed by atoms with Crippen LogP contribution >= 0.6 is 7.82 Å². The van der Waals surface area contributed by atoms with Gasteiger partial charge in [0.25, 0.3) is 0 Å². The molecule has 0 aromatic heterocycles. The van der Waals surface area contributed by atoms with Crippen LogP contribution in [-0.2, 0) is 27.9 Å². The highest BCUT2D eigenvalue weighted by Crippen LogP contribution is 2.43. The molecule has 0 rings (SSSR count). The molecule has 0 aliphatic rings. The first-order chi connectivity index (χ1) is 35.4. The SMILES string of the molecule is CC/C=C\C/C=C\C/C=C\C/C=C\C/C=C\CCCCCC(=O)OC(/C=C/CCCCCCCCCCC)C(COP(=O)(O)OCC[N+](C)(C)C)NC(=O)CCCCCCCCCCCCCCCCCCC. The van der Waals surface area contributed by atoms with Crippen molar-refractivity contribution in [3.05, 3.63) is 72.9 Å². The van der Waals surface area contributed by atoms with Crippen LogP contribution in [0.25, 0.3) is 0 Å². The van der Waals surface area contributed by atoms with E-state index in [0.717, 1.165) is 89.9 Å². The smallest absolute Gasteiger partial charge is 0.456 e. The summed E-state index contributed by atoms with van der Waals surface area (Å²) in [5.41, 5.74) is 0. The van der Waals surface area contributed by atoms with E-state index in [9.17, 15) is 19.0 Å². The van der Waals surface area contributed by atoms with E-state index in [4.69, 9.17) is 13.8 Å². The number of hydrogen-bond acceptors (Lipinski definition) is 6. The molecule has 0 aliphatic heterocycles. The highest BCUT2D eigenvalue weighted by molar-refractivity contribution is 7.47. The quantitative estimate of drug-likeness (QED) is 0.0205. The Morgan fingerprint density at radius 1 is 0.493 bits per heavy atom. The predicted octanol–water partition coefficient (Wildman–Crippen LogP) is 18.4. The van der Waals surface area contributed by atoms with Gasteiger partial charge < -0.3 is 19.4 Å². The lowest BCUT2D eigenvalue weighted by molar-refractivity contribution is -0.870. The van der Waals surface area contributed by atoms with Crippen molar-refractivity contribution >= 4 is 19.7 Å². The standard InChI is InChI=1S/C63H115N2O7P/c1-7-10-13-16-19-22-25-27-29-31-32-34-36-38-41-44-47-50-53-56-63(67)72-61(54-51-48-45-42-39-24-21-18-15-12-9-3)60(59-71-73(68,69)70-58-57-65(4,5)6)64-62(66)55-52-49-46-43-40-37-35-33-30-28-26-23-20-17-14-11-8-2/h10,13,19,22,27,29,32,34,38,41,51,54,60-61H,7-9,11-12,14-18,20-21,23-26,28,30-31,33,35-37,39-40,42-50,52-53,55-59H2,1-6H3,(H-,64,66,68,69)/p+1/b13-10-,22-19-,29-27-,34-32-,41-38-,54-51+. The predicted molar refractivity (Wildman–Crippen MR) is 314 cm³/mol. The van der Waals surface area contributed by atoms with Crippen molar-refractivity contribution in [3.63, 3.8) is 0 Å². The molecule has 1 amide bonds. The first-order valence-electron chi connectivity index (χ1n) is 30.3. The molecule has 10 heteroatoms. The van der Waals surface area contributed by atoms with Gasteiger partial charge in [-0.3, -0.25) is 18.6 Å². The van der Waals surface area contributed by atoms with Crippen molar-refractivity contribution in [2.45, 2.75) is 277 Å². The molecule has 9 nitrogen and oxygen atoms in total. The summed E-state index contributed by atoms with van der Waals surface area (Å²) >= 11 is 0. The summed E-state index contributed by atoms with van der Waals surface area (Å²) in [6, 6.07) is -0.862. The van der Waals surface area contributed by atoms with Gasteiger partial charge in [-0.25, -0.2) is 4.57 Å². The number of carbonyl (C=O) groups is 2. The van der Waals surface area contributed by atoms with E-state index < -0.39 is 20.0 Å². The molecular weight excluding hydrogens is 928 g/mol. The summed E-state index contributed by atoms with van der Waals surface area (Å²) in [4.78, 5) is 37.6. The molecule has 0 radical (unpaired) electrons. The van der Waals surface area contributed by atoms with E-state index >= 15 is 0 Å². The molecule has 2 N–H and O–H groups in total. The Morgan fingerprint density at radius 3 is 1.33 bits per heavy atom. The minimum atomic E-state index is -4.45. The third-order valence-electron chi connectivity index (χ3n) is 13.2. The Morgan fingerprint density at radius 2 is 0.877 bits per heavy atom. The molecule has 3 unspecified atom stereocenters. The van der Waals surface area contributed by atoms with E-state index in [1.807, 2.05) is 33.3 Å². The normalized spacial score (nSPS) is 14.2. The third kappa shape index (κ3) is 54.1. The zero-order valence-corrected chi connectivity index (χ0v) is 49.3. The minimum absolute atomic E-state index is 0.0335. The average molecular weight is 1040 g/mol. The Kier molecular flexibility index (Phi) is 51.0. The number of phosphoric ester groups is 1. The zero-order chi connectivity index (χ0) is 53.6. The molecule has 0 aromatic carbocycles. The third-order valence-corrected chi connectivity index (χ3v) is 14.1. The topological polar surface area (TPSA) is 111 Å². The van der Waals surface area contributed by atoms with Crippen LogP contribution in [-0.4, -0.2) is 74.3 Å². The van der Waals surface area contributed by atoms with Gasteiger partial charge in [0.1, 0.15) is 19.3 Å². The van der Waals surface area contributed by atoms with Crippen LogP contribution in [0.1, 0.15) is 265 Å². The first-order valence-corrected chi connectivity index (χ1v) is 31.8. The molecule has 0 aliphatic carbocycles. The maximum Gasteiger partial charge on any atom is 0.472 e. The number of quaternary nitrogens is 1. The molecule has 0 heterocycles. The largest absolute Gasteiger partial charge is 0.472 e. The van der Waals surface area contributed by atoms with Crippen LogP contribution in [0.2, 0.25) is 0 Å². The molecule has 3 atom stereocenters. The summed E-state index contributed by atoms with van der Waals surface area (Å²) in [7, 11) is 1.48. The number of ether oxygens (including phenoxy) is 1. The fourth-order valence-corrected chi connectivity index (χ4v) is 9.23. The highest BCUT2D eigenvalue weighted by atomic mass is 31.2. The molecule has 0 bridgehead atoms. The van der Waals surface area contributed by atoms with E-state index in [0.29, 0.717) is 23.9 Å². The van der Waals surface area contributed by atoms with Crippen molar-refractivity contribution in [2.24, 2.45) is 0 Å². The van der Waals surface area contributed by atoms with Crippen molar-refractivity contribution < 1.29 is 37.3 Å². The van der Waals surface area contributed by atoms with Crippen LogP contribution in [0.3, 0.4) is 0 Å². The summed E-state index contributed by atoms with van der Waals surface area (Å²) in [5.74, 6) is -0.539. The minimum Gasteiger partial charge on any atom is -0.456 e. The monoisotopic (exact) mass is 1040 g/mol. The molecular formula is C63H116N2O7P+. The van der Waals surface area contributed by atoms with Crippen LogP contribution in [0, 0.1) is 0 Å². The van der Waals surface area contributed by atoms with Gasteiger partial charge in [0.2, 0.25) is 5.91 Å². The Balaban J connectivity index is 5.30. The van der Waals surface area contributed by atoms with Gasteiger partial charge in [0, 0.05) is 12.8 Å². The number of phosphoric acid groups is 1. The van der Waals surface area contributed by atoms with Gasteiger partial charge in [0.05, 0.1) is 33.8 Å². The molecule has 73 heavy (non-hydrogen) atoms. The Hall–Kier alpha value is -2.55. The van der Waals surface area contributed by atoms with E-state index in [-0.39, 0.29) is 31.5 Å². The molecule has 0 spiro atoms. The lowest BCUT2D eigenvalue weighted by Crippen LogP contribution is -2.47. The summed E-state index contributed by atoms with van der Waals surface area (Å²) in [6.07, 6.45) is 67.5. The second-order valence-electron chi connectivity index (χ2n) is 21.5. The van der Waals surface area contributed by atoms with Crippen LogP contribution in [0.15, 0.2) is 72.9 Å². The first kappa shape index (κ1) is 70.5. The fourth-order valence-electron chi connectivity index (χ4n) is 8.50. The summed E-state index contributed by atoms with van der Waals surface area (Å²) in [5, 5.41) is 3.05. The molecule has 424 valence electrons. The number of nitrogens with one attached hydrogen (secondary N) is 1. The number of likely N-dealkylation sites (N-methyl/N-ethyl adjacent to an activating group) is 1. The lowest BCUT2D eigenvalue weighted by Gasteiger charge is -2.27. The van der Waals surface area contributed by atoms with Crippen molar-refractivity contribution in [3.8, 4) is 0 Å². The maximum absolute atomic E-state index is 13.5. The molecule has 0 saturated heterocycles. The molecule has 0 fully saturated rings. The zero-order valence-electron chi connectivity index (χ0n) is 48.4. The fraction of sp³-hybridized carbons (Fsp3) is 0.778. The maximum atomic E-state index is 13.5. The van der Waals surface area contributed by atoms with Crippen LogP contribution < -0.4 is 5.32 Å². The lowest BCUT2D eigenvalue weighted by atomic mass is 10.0. The second-order valence-corrected chi connectivity index (χ2v) is 23.0. The van der Waals surface area contributed by atoms with Crippen LogP contribution in [0.5, 0.6) is 0 Å². The number of rotatable bonds is 54. The summed E-state index contributed by atoms with van der Waals surface area (Å²) in [6.45, 7) is 6.88. The molecule has 0 saturated carbocycles. The average Bonchev–Trinajstić information content (AvgIpc) is 3.35. The molecule has 0 aromatic rings. The van der Waals surface area contributed by atoms with E-state index in [1.165, 1.54) is 135 Å². The van der Waals surface area contributed by atoms with Crippen molar-refractivity contribution in [1.82, 2.24) is 5.32 Å². The van der Waals surface area contributed by atoms with Crippen LogP contribution in [0.4, 0.5) is 0 Å². The Labute approximate surface area is 451 Å². The number of esters is 1. The van der Waals surface area contributed by atoms with Gasteiger partial charge in [-0.1, -0.05) is 248 Å². The number of hydrogen-bond donors (Lipinski definition) is 2. The van der Waals surface area contributed by atoms with Gasteiger partial charge in [0.15, 0.2) is 0 Å². The van der Waals surface area contributed by atoms with Crippen molar-refractivity contribution in [1.29, 1.82) is 0 Å². The van der Waals surface area contributed by atoms with Gasteiger partial charge in [-0.2, -0.15) is 0 Å². The number of carbonyl (C=O) groups excluding carboxylic acids is 2. The van der Waals surface area contributed by atoms with Gasteiger partial charge >= 0.3 is 13.8 Å². The summed E-state index contributed by atoms with van der Waals surface area (Å²) < 4.78 is 30.6. The van der Waals surface area contributed by atoms with Gasteiger partial charge in [-0.15, -0.1) is 0 Å². The number of allylic oxidation sites excluding steroid dienone is 11. The highest BCUT2D eigenvalue weighted by Gasteiger charge is 2.30. The van der Waals surface area contributed by atoms with Gasteiger partial charge in [-0.05, 0) is 76.7 Å². The Bertz CT molecular complexity index is 1480. The van der Waals surface area contributed by atoms with Crippen molar-refractivity contribution in [2.75, 3.05) is 40.9 Å².